The molecule has 6 heteroatoms. The van der Waals surface area contributed by atoms with Crippen LogP contribution in [0, 0.1) is 0 Å². The Bertz CT molecular complexity index is 859. The predicted molar refractivity (Wildman–Crippen MR) is 97.9 cm³/mol. The lowest BCUT2D eigenvalue weighted by Gasteiger charge is -2.41. The molecule has 1 aliphatic heterocycles. The zero-order chi connectivity index (χ0) is 18.9. The summed E-state index contributed by atoms with van der Waals surface area (Å²) >= 11 is 0. The van der Waals surface area contributed by atoms with Crippen LogP contribution in [-0.4, -0.2) is 48.2 Å². The molecule has 2 aliphatic rings. The molecule has 2 aromatic carbocycles. The van der Waals surface area contributed by atoms with E-state index in [1.165, 1.54) is 11.1 Å². The molecule has 0 aromatic heterocycles. The second-order valence-corrected chi connectivity index (χ2v) is 6.93. The van der Waals surface area contributed by atoms with Crippen molar-refractivity contribution in [2.24, 2.45) is 0 Å². The molecule has 27 heavy (non-hydrogen) atoms. The van der Waals surface area contributed by atoms with Gasteiger partial charge in [0.25, 0.3) is 5.91 Å². The molecule has 1 unspecified atom stereocenters. The quantitative estimate of drug-likeness (QED) is 0.898. The van der Waals surface area contributed by atoms with Crippen LogP contribution in [0.1, 0.15) is 27.9 Å². The average molecular weight is 367 g/mol. The topological polar surface area (TPSA) is 76.1 Å². The van der Waals surface area contributed by atoms with E-state index in [0.717, 1.165) is 12.8 Å². The van der Waals surface area contributed by atoms with Crippen LogP contribution in [0.2, 0.25) is 0 Å². The lowest BCUT2D eigenvalue weighted by molar-refractivity contribution is -0.139. The number of amides is 1. The Morgan fingerprint density at radius 3 is 2.70 bits per heavy atom. The molecule has 1 heterocycles. The van der Waals surface area contributed by atoms with E-state index in [4.69, 9.17) is 14.6 Å². The Morgan fingerprint density at radius 1 is 1.15 bits per heavy atom. The number of benzene rings is 2. The van der Waals surface area contributed by atoms with E-state index in [1.807, 2.05) is 17.0 Å². The standard InChI is InChI=1S/C21H21NO5/c23-19(24)13-26-17-7-5-16(6-8-17)20(25)22-11-12-27-21(14-22)10-9-15-3-1-2-4-18(15)21/h1-8H,9-14H2,(H,23,24). The number of carbonyl (C=O) groups is 2. The van der Waals surface area contributed by atoms with E-state index in [0.29, 0.717) is 31.0 Å². The summed E-state index contributed by atoms with van der Waals surface area (Å²) in [5, 5.41) is 8.66. The van der Waals surface area contributed by atoms with E-state index < -0.39 is 18.2 Å². The molecule has 1 atom stereocenters. The fraction of sp³-hybridized carbons (Fsp3) is 0.333. The van der Waals surface area contributed by atoms with E-state index in [1.54, 1.807) is 24.3 Å². The molecule has 6 nitrogen and oxygen atoms in total. The first-order chi connectivity index (χ1) is 13.1. The van der Waals surface area contributed by atoms with Gasteiger partial charge in [-0.15, -0.1) is 0 Å². The van der Waals surface area contributed by atoms with Crippen LogP contribution < -0.4 is 4.74 Å². The lowest BCUT2D eigenvalue weighted by Crippen LogP contribution is -2.51. The fourth-order valence-electron chi connectivity index (χ4n) is 3.95. The van der Waals surface area contributed by atoms with Crippen molar-refractivity contribution in [3.05, 3.63) is 65.2 Å². The predicted octanol–water partition coefficient (Wildman–Crippen LogP) is 2.46. The van der Waals surface area contributed by atoms with Crippen LogP contribution in [0.25, 0.3) is 0 Å². The highest BCUT2D eigenvalue weighted by molar-refractivity contribution is 5.94. The maximum atomic E-state index is 13.0. The van der Waals surface area contributed by atoms with E-state index >= 15 is 0 Å². The fourth-order valence-corrected chi connectivity index (χ4v) is 3.95. The van der Waals surface area contributed by atoms with E-state index in [-0.39, 0.29) is 5.91 Å². The lowest BCUT2D eigenvalue weighted by atomic mass is 9.93. The third-order valence-electron chi connectivity index (χ3n) is 5.24. The Kier molecular flexibility index (Phi) is 4.58. The van der Waals surface area contributed by atoms with Crippen molar-refractivity contribution in [3.63, 3.8) is 0 Å². The Balaban J connectivity index is 1.49. The molecule has 1 fully saturated rings. The number of rotatable bonds is 4. The molecular weight excluding hydrogens is 346 g/mol. The number of aliphatic carboxylic acids is 1. The SMILES string of the molecule is O=C(O)COc1ccc(C(=O)N2CCOC3(CCc4ccccc43)C2)cc1. The van der Waals surface area contributed by atoms with Crippen molar-refractivity contribution >= 4 is 11.9 Å². The monoisotopic (exact) mass is 367 g/mol. The molecule has 1 amide bonds. The molecule has 1 aliphatic carbocycles. The van der Waals surface area contributed by atoms with Crippen LogP contribution in [0.15, 0.2) is 48.5 Å². The summed E-state index contributed by atoms with van der Waals surface area (Å²) in [6.07, 6.45) is 1.85. The van der Waals surface area contributed by atoms with Crippen molar-refractivity contribution in [2.75, 3.05) is 26.3 Å². The number of carboxylic acids is 1. The van der Waals surface area contributed by atoms with Crippen molar-refractivity contribution in [1.29, 1.82) is 0 Å². The van der Waals surface area contributed by atoms with Crippen molar-refractivity contribution < 1.29 is 24.2 Å². The first kappa shape index (κ1) is 17.5. The van der Waals surface area contributed by atoms with Crippen LogP contribution in [0.5, 0.6) is 5.75 Å². The number of hydrogen-bond donors (Lipinski definition) is 1. The maximum Gasteiger partial charge on any atom is 0.341 e. The van der Waals surface area contributed by atoms with Crippen molar-refractivity contribution in [2.45, 2.75) is 18.4 Å². The van der Waals surface area contributed by atoms with Gasteiger partial charge in [0.2, 0.25) is 0 Å². The molecule has 0 bridgehead atoms. The minimum atomic E-state index is -1.04. The first-order valence-corrected chi connectivity index (χ1v) is 9.04. The average Bonchev–Trinajstić information content (AvgIpc) is 3.04. The van der Waals surface area contributed by atoms with Gasteiger partial charge in [-0.25, -0.2) is 4.79 Å². The van der Waals surface area contributed by atoms with Gasteiger partial charge in [0.05, 0.1) is 13.2 Å². The van der Waals surface area contributed by atoms with Gasteiger partial charge >= 0.3 is 5.97 Å². The van der Waals surface area contributed by atoms with Gasteiger partial charge in [0, 0.05) is 12.1 Å². The molecule has 1 N–H and O–H groups in total. The van der Waals surface area contributed by atoms with Crippen LogP contribution in [0.4, 0.5) is 0 Å². The molecule has 1 saturated heterocycles. The summed E-state index contributed by atoms with van der Waals surface area (Å²) in [5.41, 5.74) is 2.64. The molecule has 0 radical (unpaired) electrons. The zero-order valence-corrected chi connectivity index (χ0v) is 14.9. The number of hydrogen-bond acceptors (Lipinski definition) is 4. The summed E-state index contributed by atoms with van der Waals surface area (Å²) in [7, 11) is 0. The molecule has 140 valence electrons. The van der Waals surface area contributed by atoms with Gasteiger partial charge in [-0.1, -0.05) is 24.3 Å². The Hall–Kier alpha value is -2.86. The molecule has 0 saturated carbocycles. The van der Waals surface area contributed by atoms with Gasteiger partial charge in [-0.2, -0.15) is 0 Å². The summed E-state index contributed by atoms with van der Waals surface area (Å²) in [4.78, 5) is 25.4. The highest BCUT2D eigenvalue weighted by atomic mass is 16.5. The summed E-state index contributed by atoms with van der Waals surface area (Å²) in [5.74, 6) is -0.658. The second-order valence-electron chi connectivity index (χ2n) is 6.93. The summed E-state index contributed by atoms with van der Waals surface area (Å²) in [6.45, 7) is 1.21. The smallest absolute Gasteiger partial charge is 0.341 e. The van der Waals surface area contributed by atoms with E-state index in [2.05, 4.69) is 12.1 Å². The zero-order valence-electron chi connectivity index (χ0n) is 14.9. The Labute approximate surface area is 157 Å². The van der Waals surface area contributed by atoms with Gasteiger partial charge in [0.1, 0.15) is 11.4 Å². The van der Waals surface area contributed by atoms with Crippen molar-refractivity contribution in [3.8, 4) is 5.75 Å². The van der Waals surface area contributed by atoms with Crippen LogP contribution in [-0.2, 0) is 21.6 Å². The number of morpholine rings is 1. The minimum Gasteiger partial charge on any atom is -0.482 e. The molecular formula is C21H21NO5. The van der Waals surface area contributed by atoms with Crippen LogP contribution in [0.3, 0.4) is 0 Å². The number of ether oxygens (including phenoxy) is 2. The van der Waals surface area contributed by atoms with E-state index in [9.17, 15) is 9.59 Å². The number of carbonyl (C=O) groups excluding carboxylic acids is 1. The summed E-state index contributed by atoms with van der Waals surface area (Å²) < 4.78 is 11.3. The van der Waals surface area contributed by atoms with Gasteiger partial charge < -0.3 is 19.5 Å². The second kappa shape index (κ2) is 7.04. The molecule has 2 aromatic rings. The minimum absolute atomic E-state index is 0.0492. The number of aryl methyl sites for hydroxylation is 1. The van der Waals surface area contributed by atoms with Gasteiger partial charge in [-0.05, 0) is 48.2 Å². The first-order valence-electron chi connectivity index (χ1n) is 9.04. The third-order valence-corrected chi connectivity index (χ3v) is 5.24. The number of carboxylic acid groups (broad SMARTS) is 1. The summed E-state index contributed by atoms with van der Waals surface area (Å²) in [6, 6.07) is 14.9. The number of fused-ring (bicyclic) bond motifs is 2. The molecule has 1 spiro atoms. The maximum absolute atomic E-state index is 13.0. The number of nitrogens with zero attached hydrogens (tertiary/aromatic N) is 1. The van der Waals surface area contributed by atoms with Crippen LogP contribution >= 0.6 is 0 Å². The largest absolute Gasteiger partial charge is 0.482 e. The highest BCUT2D eigenvalue weighted by Gasteiger charge is 2.44. The van der Waals surface area contributed by atoms with Crippen molar-refractivity contribution in [1.82, 2.24) is 4.90 Å². The third kappa shape index (κ3) is 3.40. The van der Waals surface area contributed by atoms with Gasteiger partial charge in [0.15, 0.2) is 6.61 Å². The highest BCUT2D eigenvalue weighted by Crippen LogP contribution is 2.42. The Morgan fingerprint density at radius 2 is 1.93 bits per heavy atom. The van der Waals surface area contributed by atoms with Gasteiger partial charge in [-0.3, -0.25) is 4.79 Å². The molecule has 4 rings (SSSR count). The normalized spacial score (nSPS) is 21.1.